The number of rotatable bonds is 10. The standard InChI is InChI=1S/C34H58O4Si2/c1-14-15-18-34(31(36)37-21-22-39(11,12)13)30(35)27(9)33-19-16-26(8)32(34,10)29(33)28(17-20-33)38-40(23(2)3,24(4)5)25(6)7/h23-27H,16-22H2,1-13H3/t26?,27-,32+,33?,34+/m1/s1. The summed E-state index contributed by atoms with van der Waals surface area (Å²) < 4.78 is 13.6. The van der Waals surface area contributed by atoms with Gasteiger partial charge in [-0.2, -0.15) is 0 Å². The van der Waals surface area contributed by atoms with Crippen LogP contribution in [0.15, 0.2) is 11.3 Å². The molecule has 0 saturated heterocycles. The lowest BCUT2D eigenvalue weighted by atomic mass is 9.37. The second-order valence-corrected chi connectivity index (χ2v) is 26.6. The molecule has 0 aromatic carbocycles. The third-order valence-corrected chi connectivity index (χ3v) is 19.3. The molecule has 0 N–H and O–H groups in total. The van der Waals surface area contributed by atoms with Gasteiger partial charge in [0.05, 0.1) is 12.4 Å². The van der Waals surface area contributed by atoms with Crippen LogP contribution in [0.25, 0.3) is 0 Å². The molecule has 0 spiro atoms. The Kier molecular flexibility index (Phi) is 9.45. The Labute approximate surface area is 248 Å². The van der Waals surface area contributed by atoms with Crippen molar-refractivity contribution in [1.29, 1.82) is 0 Å². The van der Waals surface area contributed by atoms with Gasteiger partial charge in [-0.3, -0.25) is 9.59 Å². The number of esters is 1. The van der Waals surface area contributed by atoms with Gasteiger partial charge in [0.1, 0.15) is 5.41 Å². The first-order chi connectivity index (χ1) is 18.4. The van der Waals surface area contributed by atoms with Gasteiger partial charge in [0, 0.05) is 37.7 Å². The van der Waals surface area contributed by atoms with Gasteiger partial charge < -0.3 is 9.16 Å². The first kappa shape index (κ1) is 33.2. The Morgan fingerprint density at radius 1 is 1.02 bits per heavy atom. The van der Waals surface area contributed by atoms with Crippen LogP contribution in [-0.2, 0) is 18.8 Å². The number of hydrogen-bond acceptors (Lipinski definition) is 4. The lowest BCUT2D eigenvalue weighted by Gasteiger charge is -2.63. The van der Waals surface area contributed by atoms with Crippen molar-refractivity contribution < 1.29 is 18.8 Å². The normalized spacial score (nSPS) is 32.4. The van der Waals surface area contributed by atoms with E-state index in [1.165, 1.54) is 5.57 Å². The van der Waals surface area contributed by atoms with Crippen molar-refractivity contribution in [3.05, 3.63) is 11.3 Å². The quantitative estimate of drug-likeness (QED) is 0.111. The summed E-state index contributed by atoms with van der Waals surface area (Å²) in [6.45, 7) is 29.6. The van der Waals surface area contributed by atoms with E-state index < -0.39 is 27.2 Å². The lowest BCUT2D eigenvalue weighted by molar-refractivity contribution is -0.184. The van der Waals surface area contributed by atoms with Gasteiger partial charge in [-0.1, -0.05) is 82.0 Å². The highest BCUT2D eigenvalue weighted by Gasteiger charge is 2.75. The number of ketones is 1. The van der Waals surface area contributed by atoms with E-state index in [0.29, 0.717) is 23.2 Å². The minimum atomic E-state index is -2.24. The summed E-state index contributed by atoms with van der Waals surface area (Å²) >= 11 is 0. The van der Waals surface area contributed by atoms with Crippen LogP contribution in [0, 0.1) is 39.9 Å². The Morgan fingerprint density at radius 2 is 1.60 bits per heavy atom. The number of hydrogen-bond donors (Lipinski definition) is 0. The van der Waals surface area contributed by atoms with E-state index in [1.807, 2.05) is 0 Å². The maximum Gasteiger partial charge on any atom is 0.321 e. The molecule has 0 radical (unpaired) electrons. The predicted molar refractivity (Wildman–Crippen MR) is 171 cm³/mol. The summed E-state index contributed by atoms with van der Waals surface area (Å²) in [4.78, 5) is 29.2. The van der Waals surface area contributed by atoms with Crippen molar-refractivity contribution in [2.24, 2.45) is 28.1 Å². The summed E-state index contributed by atoms with van der Waals surface area (Å²) in [7, 11) is -3.66. The molecule has 4 nitrogen and oxygen atoms in total. The third kappa shape index (κ3) is 4.79. The van der Waals surface area contributed by atoms with Gasteiger partial charge in [-0.25, -0.2) is 0 Å². The molecule has 2 bridgehead atoms. The van der Waals surface area contributed by atoms with E-state index in [9.17, 15) is 9.59 Å². The first-order valence-electron chi connectivity index (χ1n) is 15.9. The van der Waals surface area contributed by atoms with Crippen LogP contribution in [-0.4, -0.2) is 34.8 Å². The van der Waals surface area contributed by atoms with Crippen molar-refractivity contribution in [3.8, 4) is 11.8 Å². The molecule has 6 heteroatoms. The smallest absolute Gasteiger partial charge is 0.321 e. The van der Waals surface area contributed by atoms with Crippen LogP contribution in [0.1, 0.15) is 101 Å². The Balaban J connectivity index is 2.31. The average Bonchev–Trinajstić information content (AvgIpc) is 3.23. The van der Waals surface area contributed by atoms with Crippen LogP contribution in [0.2, 0.25) is 42.3 Å². The van der Waals surface area contributed by atoms with Gasteiger partial charge >= 0.3 is 5.97 Å². The fraction of sp³-hybridized carbons (Fsp3) is 0.824. The zero-order valence-electron chi connectivity index (χ0n) is 28.0. The molecule has 3 aliphatic carbocycles. The second-order valence-electron chi connectivity index (χ2n) is 15.6. The largest absolute Gasteiger partial charge is 0.546 e. The van der Waals surface area contributed by atoms with Crippen LogP contribution < -0.4 is 0 Å². The van der Waals surface area contributed by atoms with Gasteiger partial charge in [0.2, 0.25) is 0 Å². The fourth-order valence-corrected chi connectivity index (χ4v) is 15.3. The summed E-state index contributed by atoms with van der Waals surface area (Å²) in [6, 6.07) is 0.885. The number of carbonyl (C=O) groups excluding carboxylic acids is 2. The van der Waals surface area contributed by atoms with Crippen LogP contribution >= 0.6 is 0 Å². The van der Waals surface area contributed by atoms with Crippen molar-refractivity contribution in [2.75, 3.05) is 6.61 Å². The molecule has 3 rings (SSSR count). The van der Waals surface area contributed by atoms with E-state index in [1.54, 1.807) is 6.92 Å². The monoisotopic (exact) mass is 586 g/mol. The van der Waals surface area contributed by atoms with E-state index >= 15 is 0 Å². The van der Waals surface area contributed by atoms with Gasteiger partial charge in [0.25, 0.3) is 8.32 Å². The number of carbonyl (C=O) groups is 2. The van der Waals surface area contributed by atoms with Crippen molar-refractivity contribution in [2.45, 2.75) is 144 Å². The molecule has 0 aromatic heterocycles. The molecule has 2 unspecified atom stereocenters. The Hall–Kier alpha value is -1.33. The van der Waals surface area contributed by atoms with Crippen LogP contribution in [0.5, 0.6) is 0 Å². The first-order valence-corrected chi connectivity index (χ1v) is 21.8. The fourth-order valence-electron chi connectivity index (χ4n) is 9.21. The van der Waals surface area contributed by atoms with Gasteiger partial charge in [0.15, 0.2) is 5.78 Å². The Morgan fingerprint density at radius 3 is 2.10 bits per heavy atom. The van der Waals surface area contributed by atoms with Crippen LogP contribution in [0.4, 0.5) is 0 Å². The summed E-state index contributed by atoms with van der Waals surface area (Å²) in [5.74, 6) is 6.93. The molecule has 0 aliphatic heterocycles. The summed E-state index contributed by atoms with van der Waals surface area (Å²) in [5.41, 5.74) is 0.396. The van der Waals surface area contributed by atoms with Crippen molar-refractivity contribution in [3.63, 3.8) is 0 Å². The van der Waals surface area contributed by atoms with Crippen LogP contribution in [0.3, 0.4) is 0 Å². The molecule has 2 fully saturated rings. The number of allylic oxidation sites excluding steroid dienone is 2. The third-order valence-electron chi connectivity index (χ3n) is 11.6. The molecule has 3 aliphatic rings. The molecule has 2 saturated carbocycles. The molecule has 0 aromatic rings. The van der Waals surface area contributed by atoms with E-state index in [-0.39, 0.29) is 35.4 Å². The molecule has 0 amide bonds. The van der Waals surface area contributed by atoms with E-state index in [0.717, 1.165) is 37.5 Å². The highest BCUT2D eigenvalue weighted by Crippen LogP contribution is 2.74. The highest BCUT2D eigenvalue weighted by atomic mass is 28.4. The maximum atomic E-state index is 14.8. The SMILES string of the molecule is CC#CC[C@@]1(C(=O)OCC[Si](C)(C)C)C(=O)[C@@H](C)C23CCC(O[Si](C(C)C)(C(C)C)C(C)C)=C2[C@]1(C)C(C)CC3. The summed E-state index contributed by atoms with van der Waals surface area (Å²) in [6.07, 6.45) is 3.99. The van der Waals surface area contributed by atoms with E-state index in [2.05, 4.69) is 93.8 Å². The molecule has 40 heavy (non-hydrogen) atoms. The van der Waals surface area contributed by atoms with Gasteiger partial charge in [-0.15, -0.1) is 11.8 Å². The Bertz CT molecular complexity index is 1070. The molecular weight excluding hydrogens is 529 g/mol. The summed E-state index contributed by atoms with van der Waals surface area (Å²) in [5, 5.41) is 0. The zero-order chi connectivity index (χ0) is 30.5. The predicted octanol–water partition coefficient (Wildman–Crippen LogP) is 9.15. The maximum absolute atomic E-state index is 14.8. The lowest BCUT2D eigenvalue weighted by Crippen LogP contribution is -2.67. The number of ether oxygens (including phenoxy) is 1. The molecule has 5 atom stereocenters. The molecular formula is C34H58O4Si2. The molecule has 226 valence electrons. The minimum Gasteiger partial charge on any atom is -0.546 e. The van der Waals surface area contributed by atoms with Crippen molar-refractivity contribution >= 4 is 28.1 Å². The second kappa shape index (κ2) is 11.4. The molecule has 0 heterocycles. The number of Topliss-reactive ketones (excluding diaryl/α,β-unsaturated/α-hetero) is 1. The zero-order valence-corrected chi connectivity index (χ0v) is 30.0. The highest BCUT2D eigenvalue weighted by molar-refractivity contribution is 6.78. The van der Waals surface area contributed by atoms with Gasteiger partial charge in [-0.05, 0) is 60.3 Å². The minimum absolute atomic E-state index is 0.0485. The van der Waals surface area contributed by atoms with E-state index in [4.69, 9.17) is 9.16 Å². The average molecular weight is 587 g/mol. The van der Waals surface area contributed by atoms with Crippen molar-refractivity contribution in [1.82, 2.24) is 0 Å². The topological polar surface area (TPSA) is 52.6 Å².